The Kier molecular flexibility index (Phi) is 4.93. The number of hydrogen-bond donors (Lipinski definition) is 2. The summed E-state index contributed by atoms with van der Waals surface area (Å²) in [5.41, 5.74) is 0.926. The number of nitrogens with zero attached hydrogens (tertiary/aromatic N) is 2. The van der Waals surface area contributed by atoms with Crippen LogP contribution in [0.25, 0.3) is 0 Å². The van der Waals surface area contributed by atoms with Crippen LogP contribution in [-0.4, -0.2) is 28.2 Å². The molecule has 1 heterocycles. The first-order valence-electron chi connectivity index (χ1n) is 4.97. The van der Waals surface area contributed by atoms with E-state index in [2.05, 4.69) is 15.3 Å². The number of aromatic nitrogens is 2. The molecule has 0 aromatic carbocycles. The highest BCUT2D eigenvalue weighted by molar-refractivity contribution is 5.37. The van der Waals surface area contributed by atoms with Gasteiger partial charge in [-0.15, -0.1) is 0 Å². The average molecular weight is 195 g/mol. The molecule has 78 valence electrons. The van der Waals surface area contributed by atoms with Crippen LogP contribution in [0.5, 0.6) is 0 Å². The molecule has 0 amide bonds. The molecule has 1 aromatic rings. The maximum atomic E-state index is 8.58. The third kappa shape index (κ3) is 3.70. The molecule has 2 N–H and O–H groups in total. The summed E-state index contributed by atoms with van der Waals surface area (Å²) in [5.74, 6) is 0.858. The van der Waals surface area contributed by atoms with Gasteiger partial charge in [-0.05, 0) is 26.2 Å². The second-order valence-electron chi connectivity index (χ2n) is 3.20. The van der Waals surface area contributed by atoms with Gasteiger partial charge in [0, 0.05) is 25.5 Å². The summed E-state index contributed by atoms with van der Waals surface area (Å²) in [6, 6.07) is 0. The van der Waals surface area contributed by atoms with Crippen molar-refractivity contribution < 1.29 is 5.11 Å². The van der Waals surface area contributed by atoms with Crippen LogP contribution < -0.4 is 5.32 Å². The van der Waals surface area contributed by atoms with Crippen molar-refractivity contribution in [3.8, 4) is 0 Å². The van der Waals surface area contributed by atoms with Gasteiger partial charge in [0.15, 0.2) is 0 Å². The topological polar surface area (TPSA) is 58.0 Å². The molecular weight excluding hydrogens is 178 g/mol. The van der Waals surface area contributed by atoms with Crippen molar-refractivity contribution >= 4 is 5.82 Å². The fourth-order valence-electron chi connectivity index (χ4n) is 1.20. The second kappa shape index (κ2) is 6.32. The molecule has 4 nitrogen and oxygen atoms in total. The lowest BCUT2D eigenvalue weighted by Gasteiger charge is -2.06. The predicted octanol–water partition coefficient (Wildman–Crippen LogP) is 1.36. The Morgan fingerprint density at radius 3 is 2.71 bits per heavy atom. The molecule has 0 unspecified atom stereocenters. The zero-order valence-electron chi connectivity index (χ0n) is 8.53. The van der Waals surface area contributed by atoms with Crippen LogP contribution in [-0.2, 0) is 0 Å². The monoisotopic (exact) mass is 195 g/mol. The van der Waals surface area contributed by atoms with Crippen molar-refractivity contribution in [1.29, 1.82) is 0 Å². The standard InChI is InChI=1S/C10H17N3O/c1-9-10(13-7-6-11-9)12-5-3-2-4-8-14/h6-7,14H,2-5,8H2,1H3,(H,12,13). The summed E-state index contributed by atoms with van der Waals surface area (Å²) in [7, 11) is 0. The molecule has 0 aliphatic heterocycles. The minimum absolute atomic E-state index is 0.282. The van der Waals surface area contributed by atoms with Crippen LogP contribution in [0.15, 0.2) is 12.4 Å². The van der Waals surface area contributed by atoms with Gasteiger partial charge >= 0.3 is 0 Å². The quantitative estimate of drug-likeness (QED) is 0.673. The van der Waals surface area contributed by atoms with Gasteiger partial charge in [0.05, 0.1) is 5.69 Å². The second-order valence-corrected chi connectivity index (χ2v) is 3.20. The van der Waals surface area contributed by atoms with E-state index in [9.17, 15) is 0 Å². The largest absolute Gasteiger partial charge is 0.396 e. The Morgan fingerprint density at radius 1 is 1.21 bits per heavy atom. The van der Waals surface area contributed by atoms with Crippen LogP contribution in [0, 0.1) is 6.92 Å². The Balaban J connectivity index is 2.21. The molecule has 0 fully saturated rings. The molecule has 0 atom stereocenters. The summed E-state index contributed by atoms with van der Waals surface area (Å²) in [5, 5.41) is 11.8. The van der Waals surface area contributed by atoms with Crippen molar-refractivity contribution in [3.63, 3.8) is 0 Å². The summed E-state index contributed by atoms with van der Waals surface area (Å²) in [6.45, 7) is 3.10. The van der Waals surface area contributed by atoms with Crippen molar-refractivity contribution in [3.05, 3.63) is 18.1 Å². The number of hydrogen-bond acceptors (Lipinski definition) is 4. The van der Waals surface area contributed by atoms with Crippen molar-refractivity contribution in [2.45, 2.75) is 26.2 Å². The van der Waals surface area contributed by atoms with Crippen LogP contribution in [0.3, 0.4) is 0 Å². The highest BCUT2D eigenvalue weighted by Gasteiger charge is 1.97. The van der Waals surface area contributed by atoms with E-state index >= 15 is 0 Å². The van der Waals surface area contributed by atoms with E-state index in [4.69, 9.17) is 5.11 Å². The third-order valence-corrected chi connectivity index (χ3v) is 2.01. The predicted molar refractivity (Wildman–Crippen MR) is 56.2 cm³/mol. The van der Waals surface area contributed by atoms with Crippen molar-refractivity contribution in [1.82, 2.24) is 9.97 Å². The maximum absolute atomic E-state index is 8.58. The minimum Gasteiger partial charge on any atom is -0.396 e. The van der Waals surface area contributed by atoms with E-state index in [0.717, 1.165) is 37.3 Å². The highest BCUT2D eigenvalue weighted by Crippen LogP contribution is 2.06. The number of aliphatic hydroxyl groups is 1. The van der Waals surface area contributed by atoms with Gasteiger partial charge in [-0.3, -0.25) is 4.98 Å². The number of anilines is 1. The van der Waals surface area contributed by atoms with E-state index in [1.54, 1.807) is 12.4 Å². The lowest BCUT2D eigenvalue weighted by atomic mass is 10.2. The number of unbranched alkanes of at least 4 members (excludes halogenated alkanes) is 2. The van der Waals surface area contributed by atoms with Crippen molar-refractivity contribution in [2.75, 3.05) is 18.5 Å². The van der Waals surface area contributed by atoms with Crippen LogP contribution in [0.4, 0.5) is 5.82 Å². The highest BCUT2D eigenvalue weighted by atomic mass is 16.2. The Morgan fingerprint density at radius 2 is 2.00 bits per heavy atom. The van der Waals surface area contributed by atoms with E-state index in [0.29, 0.717) is 0 Å². The number of aryl methyl sites for hydroxylation is 1. The minimum atomic E-state index is 0.282. The first-order chi connectivity index (χ1) is 6.84. The van der Waals surface area contributed by atoms with Gasteiger partial charge in [0.25, 0.3) is 0 Å². The molecule has 14 heavy (non-hydrogen) atoms. The molecular formula is C10H17N3O. The summed E-state index contributed by atoms with van der Waals surface area (Å²) < 4.78 is 0. The fraction of sp³-hybridized carbons (Fsp3) is 0.600. The number of aliphatic hydroxyl groups excluding tert-OH is 1. The SMILES string of the molecule is Cc1nccnc1NCCCCCO. The summed E-state index contributed by atoms with van der Waals surface area (Å²) in [4.78, 5) is 8.30. The summed E-state index contributed by atoms with van der Waals surface area (Å²) >= 11 is 0. The van der Waals surface area contributed by atoms with Gasteiger partial charge in [-0.1, -0.05) is 0 Å². The Labute approximate surface area is 84.4 Å². The third-order valence-electron chi connectivity index (χ3n) is 2.01. The normalized spacial score (nSPS) is 10.1. The van der Waals surface area contributed by atoms with E-state index < -0.39 is 0 Å². The molecule has 0 saturated heterocycles. The van der Waals surface area contributed by atoms with E-state index in [1.165, 1.54) is 0 Å². The van der Waals surface area contributed by atoms with E-state index in [1.807, 2.05) is 6.92 Å². The molecule has 0 bridgehead atoms. The molecule has 0 saturated carbocycles. The first-order valence-corrected chi connectivity index (χ1v) is 4.97. The zero-order valence-corrected chi connectivity index (χ0v) is 8.53. The fourth-order valence-corrected chi connectivity index (χ4v) is 1.20. The molecule has 1 rings (SSSR count). The lowest BCUT2D eigenvalue weighted by Crippen LogP contribution is -2.05. The summed E-state index contributed by atoms with van der Waals surface area (Å²) in [6.07, 6.45) is 6.34. The van der Waals surface area contributed by atoms with Crippen molar-refractivity contribution in [2.24, 2.45) is 0 Å². The Hall–Kier alpha value is -1.16. The molecule has 0 aliphatic rings. The average Bonchev–Trinajstić information content (AvgIpc) is 2.20. The Bertz CT molecular complexity index is 265. The lowest BCUT2D eigenvalue weighted by molar-refractivity contribution is 0.283. The number of nitrogens with one attached hydrogen (secondary N) is 1. The molecule has 0 spiro atoms. The van der Waals surface area contributed by atoms with Gasteiger partial charge in [0.1, 0.15) is 5.82 Å². The van der Waals surface area contributed by atoms with Crippen LogP contribution in [0.1, 0.15) is 25.0 Å². The molecule has 0 aliphatic carbocycles. The van der Waals surface area contributed by atoms with Crippen LogP contribution in [0.2, 0.25) is 0 Å². The maximum Gasteiger partial charge on any atom is 0.147 e. The van der Waals surface area contributed by atoms with Gasteiger partial charge in [-0.2, -0.15) is 0 Å². The molecule has 0 radical (unpaired) electrons. The first kappa shape index (κ1) is 10.9. The smallest absolute Gasteiger partial charge is 0.147 e. The van der Waals surface area contributed by atoms with Crippen LogP contribution >= 0.6 is 0 Å². The molecule has 4 heteroatoms. The number of rotatable bonds is 6. The molecule has 1 aromatic heterocycles. The van der Waals surface area contributed by atoms with Gasteiger partial charge in [-0.25, -0.2) is 4.98 Å². The van der Waals surface area contributed by atoms with E-state index in [-0.39, 0.29) is 6.61 Å². The zero-order chi connectivity index (χ0) is 10.2. The van der Waals surface area contributed by atoms with Gasteiger partial charge in [0.2, 0.25) is 0 Å². The van der Waals surface area contributed by atoms with Gasteiger partial charge < -0.3 is 10.4 Å².